The van der Waals surface area contributed by atoms with Gasteiger partial charge in [-0.05, 0) is 32.0 Å². The van der Waals surface area contributed by atoms with Gasteiger partial charge in [0, 0.05) is 11.7 Å². The Balaban J connectivity index is 3.08. The topological polar surface area (TPSA) is 125 Å². The van der Waals surface area contributed by atoms with Crippen LogP contribution in [0.4, 0.5) is 10.5 Å². The molecule has 19 heavy (non-hydrogen) atoms. The summed E-state index contributed by atoms with van der Waals surface area (Å²) in [5, 5.41) is 11.3. The molecular formula is C11H14N4O3S. The lowest BCUT2D eigenvalue weighted by molar-refractivity contribution is 0.243. The highest BCUT2D eigenvalue weighted by molar-refractivity contribution is 7.90. The minimum atomic E-state index is -4.10. The second kappa shape index (κ2) is 5.58. The highest BCUT2D eigenvalue weighted by Gasteiger charge is 2.21. The van der Waals surface area contributed by atoms with Crippen LogP contribution >= 0.6 is 0 Å². The van der Waals surface area contributed by atoms with Gasteiger partial charge in [0.25, 0.3) is 10.0 Å². The predicted octanol–water partition coefficient (Wildman–Crippen LogP) is 0.537. The molecule has 0 bridgehead atoms. The number of hydrogen-bond acceptors (Lipinski definition) is 5. The lowest BCUT2D eigenvalue weighted by atomic mass is 10.2. The van der Waals surface area contributed by atoms with Crippen LogP contribution in [0, 0.1) is 11.3 Å². The number of nitrogens with one attached hydrogen (secondary N) is 2. The van der Waals surface area contributed by atoms with Crippen LogP contribution in [0.5, 0.6) is 0 Å². The van der Waals surface area contributed by atoms with Gasteiger partial charge >= 0.3 is 6.03 Å². The smallest absolute Gasteiger partial charge is 0.328 e. The largest absolute Gasteiger partial charge is 0.399 e. The molecule has 0 aliphatic carbocycles. The van der Waals surface area contributed by atoms with E-state index < -0.39 is 16.1 Å². The van der Waals surface area contributed by atoms with E-state index in [1.807, 2.05) is 4.72 Å². The van der Waals surface area contributed by atoms with E-state index in [2.05, 4.69) is 5.32 Å². The summed E-state index contributed by atoms with van der Waals surface area (Å²) >= 11 is 0. The Labute approximate surface area is 111 Å². The van der Waals surface area contributed by atoms with E-state index in [1.54, 1.807) is 19.9 Å². The Hall–Kier alpha value is -2.27. The molecule has 102 valence electrons. The molecule has 2 amide bonds. The molecule has 1 aromatic rings. The Morgan fingerprint density at radius 3 is 2.58 bits per heavy atom. The molecule has 7 nitrogen and oxygen atoms in total. The number of benzene rings is 1. The first-order valence-electron chi connectivity index (χ1n) is 5.39. The molecule has 0 aliphatic rings. The van der Waals surface area contributed by atoms with E-state index in [-0.39, 0.29) is 22.2 Å². The maximum absolute atomic E-state index is 12.0. The van der Waals surface area contributed by atoms with Crippen molar-refractivity contribution in [2.24, 2.45) is 0 Å². The standard InChI is InChI=1S/C11H14N4O3S/c1-7(2)14-11(16)15-19(17,18)10-4-3-9(13)5-8(10)6-12/h3-5,7H,13H2,1-2H3,(H2,14,15,16). The second-order valence-electron chi connectivity index (χ2n) is 4.10. The summed E-state index contributed by atoms with van der Waals surface area (Å²) in [6.45, 7) is 3.38. The predicted molar refractivity (Wildman–Crippen MR) is 69.6 cm³/mol. The lowest BCUT2D eigenvalue weighted by Crippen LogP contribution is -2.42. The van der Waals surface area contributed by atoms with Gasteiger partial charge in [0.15, 0.2) is 0 Å². The number of hydrogen-bond donors (Lipinski definition) is 3. The summed E-state index contributed by atoms with van der Waals surface area (Å²) in [7, 11) is -4.10. The van der Waals surface area contributed by atoms with Gasteiger partial charge < -0.3 is 11.1 Å². The average Bonchev–Trinajstić information content (AvgIpc) is 2.26. The van der Waals surface area contributed by atoms with Crippen LogP contribution in [0.25, 0.3) is 0 Å². The van der Waals surface area contributed by atoms with Crippen LogP contribution < -0.4 is 15.8 Å². The maximum atomic E-state index is 12.0. The molecule has 0 heterocycles. The van der Waals surface area contributed by atoms with E-state index in [0.717, 1.165) is 0 Å². The van der Waals surface area contributed by atoms with Gasteiger partial charge in [0.1, 0.15) is 11.0 Å². The van der Waals surface area contributed by atoms with Crippen molar-refractivity contribution < 1.29 is 13.2 Å². The van der Waals surface area contributed by atoms with Gasteiger partial charge in [-0.3, -0.25) is 0 Å². The van der Waals surface area contributed by atoms with Crippen molar-refractivity contribution in [1.29, 1.82) is 5.26 Å². The van der Waals surface area contributed by atoms with Gasteiger partial charge in [-0.1, -0.05) is 0 Å². The summed E-state index contributed by atoms with van der Waals surface area (Å²) in [6.07, 6.45) is 0. The first kappa shape index (κ1) is 14.8. The van der Waals surface area contributed by atoms with E-state index in [9.17, 15) is 13.2 Å². The van der Waals surface area contributed by atoms with Gasteiger partial charge in [0.05, 0.1) is 5.56 Å². The van der Waals surface area contributed by atoms with Crippen molar-refractivity contribution in [2.75, 3.05) is 5.73 Å². The third-order valence-electron chi connectivity index (χ3n) is 2.06. The maximum Gasteiger partial charge on any atom is 0.328 e. The molecule has 0 atom stereocenters. The highest BCUT2D eigenvalue weighted by Crippen LogP contribution is 2.17. The fraction of sp³-hybridized carbons (Fsp3) is 0.273. The molecule has 1 aromatic carbocycles. The summed E-state index contributed by atoms with van der Waals surface area (Å²) in [5.74, 6) is 0. The van der Waals surface area contributed by atoms with Crippen LogP contribution in [0.2, 0.25) is 0 Å². The van der Waals surface area contributed by atoms with Crippen LogP contribution in [-0.4, -0.2) is 20.5 Å². The molecule has 0 saturated carbocycles. The Kier molecular flexibility index (Phi) is 4.34. The van der Waals surface area contributed by atoms with Crippen molar-refractivity contribution in [3.8, 4) is 6.07 Å². The van der Waals surface area contributed by atoms with Crippen LogP contribution in [0.3, 0.4) is 0 Å². The third-order valence-corrected chi connectivity index (χ3v) is 3.45. The zero-order chi connectivity index (χ0) is 14.6. The van der Waals surface area contributed by atoms with Gasteiger partial charge in [-0.2, -0.15) is 5.26 Å². The number of carbonyl (C=O) groups excluding carboxylic acids is 1. The van der Waals surface area contributed by atoms with Gasteiger partial charge in [-0.15, -0.1) is 0 Å². The number of nitrogens with zero attached hydrogens (tertiary/aromatic N) is 1. The van der Waals surface area contributed by atoms with E-state index in [4.69, 9.17) is 11.0 Å². The fourth-order valence-electron chi connectivity index (χ4n) is 1.34. The molecule has 0 aromatic heterocycles. The number of nitriles is 1. The highest BCUT2D eigenvalue weighted by atomic mass is 32.2. The minimum Gasteiger partial charge on any atom is -0.399 e. The summed E-state index contributed by atoms with van der Waals surface area (Å²) in [5.41, 5.74) is 5.61. The zero-order valence-electron chi connectivity index (χ0n) is 10.5. The van der Waals surface area contributed by atoms with Crippen molar-refractivity contribution in [3.05, 3.63) is 23.8 Å². The molecule has 0 aliphatic heterocycles. The quantitative estimate of drug-likeness (QED) is 0.697. The van der Waals surface area contributed by atoms with Crippen LogP contribution in [-0.2, 0) is 10.0 Å². The molecule has 0 radical (unpaired) electrons. The fourth-order valence-corrected chi connectivity index (χ4v) is 2.39. The summed E-state index contributed by atoms with van der Waals surface area (Å²) < 4.78 is 25.7. The number of nitrogen functional groups attached to an aromatic ring is 1. The molecule has 1 rings (SSSR count). The Morgan fingerprint density at radius 1 is 1.42 bits per heavy atom. The number of sulfonamides is 1. The van der Waals surface area contributed by atoms with Crippen molar-refractivity contribution in [1.82, 2.24) is 10.0 Å². The molecule has 8 heteroatoms. The van der Waals surface area contributed by atoms with Crippen molar-refractivity contribution in [2.45, 2.75) is 24.8 Å². The average molecular weight is 282 g/mol. The van der Waals surface area contributed by atoms with E-state index >= 15 is 0 Å². The minimum absolute atomic E-state index is 0.121. The number of urea groups is 1. The summed E-state index contributed by atoms with van der Waals surface area (Å²) in [4.78, 5) is 11.1. The first-order chi connectivity index (χ1) is 8.76. The van der Waals surface area contributed by atoms with Crippen molar-refractivity contribution in [3.63, 3.8) is 0 Å². The molecule has 0 spiro atoms. The number of rotatable bonds is 3. The summed E-state index contributed by atoms with van der Waals surface area (Å²) in [6, 6.07) is 4.42. The molecule has 0 saturated heterocycles. The van der Waals surface area contributed by atoms with E-state index in [1.165, 1.54) is 18.2 Å². The second-order valence-corrected chi connectivity index (χ2v) is 5.75. The van der Waals surface area contributed by atoms with Crippen LogP contribution in [0.1, 0.15) is 19.4 Å². The number of amides is 2. The van der Waals surface area contributed by atoms with Crippen LogP contribution in [0.15, 0.2) is 23.1 Å². The zero-order valence-corrected chi connectivity index (χ0v) is 11.3. The van der Waals surface area contributed by atoms with E-state index in [0.29, 0.717) is 0 Å². The SMILES string of the molecule is CC(C)NC(=O)NS(=O)(=O)c1ccc(N)cc1C#N. The molecule has 4 N–H and O–H groups in total. The molecule has 0 fully saturated rings. The number of carbonyl (C=O) groups is 1. The van der Waals surface area contributed by atoms with Crippen molar-refractivity contribution >= 4 is 21.7 Å². The molecule has 0 unspecified atom stereocenters. The van der Waals surface area contributed by atoms with Gasteiger partial charge in [0.2, 0.25) is 0 Å². The Bertz CT molecular complexity index is 632. The monoisotopic (exact) mass is 282 g/mol. The lowest BCUT2D eigenvalue weighted by Gasteiger charge is -2.11. The third kappa shape index (κ3) is 3.86. The number of anilines is 1. The number of nitrogens with two attached hydrogens (primary N) is 1. The first-order valence-corrected chi connectivity index (χ1v) is 6.87. The normalized spacial score (nSPS) is 10.8. The Morgan fingerprint density at radius 2 is 2.05 bits per heavy atom. The van der Waals surface area contributed by atoms with Gasteiger partial charge in [-0.25, -0.2) is 17.9 Å². The molecular weight excluding hydrogens is 268 g/mol.